The van der Waals surface area contributed by atoms with Crippen LogP contribution in [0.5, 0.6) is 0 Å². The number of likely N-dealkylation sites (tertiary alicyclic amines) is 1. The first-order valence-electron chi connectivity index (χ1n) is 6.87. The van der Waals surface area contributed by atoms with E-state index in [4.69, 9.17) is 5.73 Å². The second kappa shape index (κ2) is 5.46. The van der Waals surface area contributed by atoms with E-state index in [0.717, 1.165) is 25.1 Å². The molecule has 1 amide bonds. The summed E-state index contributed by atoms with van der Waals surface area (Å²) in [6.45, 7) is 1.46. The lowest BCUT2D eigenvalue weighted by Gasteiger charge is -2.30. The highest BCUT2D eigenvalue weighted by Gasteiger charge is 2.22. The summed E-state index contributed by atoms with van der Waals surface area (Å²) in [5.74, 6) is 0.0670. The summed E-state index contributed by atoms with van der Waals surface area (Å²) >= 11 is 0. The fourth-order valence-electron chi connectivity index (χ4n) is 2.57. The average molecular weight is 270 g/mol. The second-order valence-corrected chi connectivity index (χ2v) is 5.17. The smallest absolute Gasteiger partial charge is 0.253 e. The maximum Gasteiger partial charge on any atom is 0.253 e. The van der Waals surface area contributed by atoms with E-state index in [-0.39, 0.29) is 11.9 Å². The molecule has 3 rings (SSSR count). The van der Waals surface area contributed by atoms with Crippen LogP contribution in [-0.4, -0.2) is 39.5 Å². The molecular weight excluding hydrogens is 252 g/mol. The van der Waals surface area contributed by atoms with Gasteiger partial charge in [-0.1, -0.05) is 0 Å². The Balaban J connectivity index is 1.75. The first-order chi connectivity index (χ1) is 9.74. The van der Waals surface area contributed by atoms with E-state index in [1.54, 1.807) is 12.5 Å². The van der Waals surface area contributed by atoms with Crippen LogP contribution >= 0.6 is 0 Å². The van der Waals surface area contributed by atoms with Crippen molar-refractivity contribution < 1.29 is 4.79 Å². The third-order valence-electron chi connectivity index (χ3n) is 3.66. The Labute approximate surface area is 118 Å². The molecule has 20 heavy (non-hydrogen) atoms. The van der Waals surface area contributed by atoms with E-state index in [0.29, 0.717) is 12.1 Å². The lowest BCUT2D eigenvalue weighted by atomic mass is 10.1. The summed E-state index contributed by atoms with van der Waals surface area (Å²) in [7, 11) is 0. The number of imidazole rings is 1. The third kappa shape index (κ3) is 2.58. The Kier molecular flexibility index (Phi) is 3.52. The summed E-state index contributed by atoms with van der Waals surface area (Å²) < 4.78 is 1.91. The molecule has 1 atom stereocenters. The van der Waals surface area contributed by atoms with Crippen LogP contribution in [0.3, 0.4) is 0 Å². The van der Waals surface area contributed by atoms with Crippen molar-refractivity contribution in [2.75, 3.05) is 13.1 Å². The summed E-state index contributed by atoms with van der Waals surface area (Å²) in [6.07, 6.45) is 7.33. The number of nitrogens with two attached hydrogens (primary N) is 1. The monoisotopic (exact) mass is 270 g/mol. The van der Waals surface area contributed by atoms with Crippen LogP contribution in [0.15, 0.2) is 43.0 Å². The van der Waals surface area contributed by atoms with Crippen molar-refractivity contribution in [1.29, 1.82) is 0 Å². The summed E-state index contributed by atoms with van der Waals surface area (Å²) in [5.41, 5.74) is 7.63. The van der Waals surface area contributed by atoms with Crippen molar-refractivity contribution in [3.63, 3.8) is 0 Å². The minimum Gasteiger partial charge on any atom is -0.337 e. The number of carbonyl (C=O) groups is 1. The van der Waals surface area contributed by atoms with Crippen LogP contribution in [0.4, 0.5) is 0 Å². The summed E-state index contributed by atoms with van der Waals surface area (Å²) in [6, 6.07) is 7.69. The second-order valence-electron chi connectivity index (χ2n) is 5.17. The van der Waals surface area contributed by atoms with Crippen LogP contribution < -0.4 is 5.73 Å². The van der Waals surface area contributed by atoms with Gasteiger partial charge in [0.25, 0.3) is 5.91 Å². The maximum absolute atomic E-state index is 12.4. The fraction of sp³-hybridized carbons (Fsp3) is 0.333. The van der Waals surface area contributed by atoms with Crippen molar-refractivity contribution in [3.8, 4) is 5.69 Å². The molecule has 1 aliphatic rings. The number of hydrogen-bond donors (Lipinski definition) is 1. The van der Waals surface area contributed by atoms with Crippen LogP contribution in [-0.2, 0) is 0 Å². The molecule has 104 valence electrons. The SMILES string of the molecule is NC1CCCN(C(=O)c2ccc(-n3ccnc3)cc2)C1. The van der Waals surface area contributed by atoms with Gasteiger partial charge in [-0.15, -0.1) is 0 Å². The van der Waals surface area contributed by atoms with Gasteiger partial charge in [-0.05, 0) is 37.1 Å². The van der Waals surface area contributed by atoms with Crippen molar-refractivity contribution in [3.05, 3.63) is 48.5 Å². The third-order valence-corrected chi connectivity index (χ3v) is 3.66. The zero-order chi connectivity index (χ0) is 13.9. The molecule has 0 spiro atoms. The predicted molar refractivity (Wildman–Crippen MR) is 76.7 cm³/mol. The molecule has 0 aliphatic carbocycles. The van der Waals surface area contributed by atoms with Crippen molar-refractivity contribution >= 4 is 5.91 Å². The zero-order valence-electron chi connectivity index (χ0n) is 11.3. The first kappa shape index (κ1) is 12.9. The van der Waals surface area contributed by atoms with Gasteiger partial charge < -0.3 is 15.2 Å². The zero-order valence-corrected chi connectivity index (χ0v) is 11.3. The summed E-state index contributed by atoms with van der Waals surface area (Å²) in [4.78, 5) is 18.3. The maximum atomic E-state index is 12.4. The number of carbonyl (C=O) groups excluding carboxylic acids is 1. The molecule has 1 aliphatic heterocycles. The molecule has 0 radical (unpaired) electrons. The Hall–Kier alpha value is -2.14. The van der Waals surface area contributed by atoms with E-state index in [9.17, 15) is 4.79 Å². The van der Waals surface area contributed by atoms with E-state index < -0.39 is 0 Å². The van der Waals surface area contributed by atoms with Gasteiger partial charge >= 0.3 is 0 Å². The van der Waals surface area contributed by atoms with Gasteiger partial charge in [0, 0.05) is 42.8 Å². The van der Waals surface area contributed by atoms with E-state index in [2.05, 4.69) is 4.98 Å². The highest BCUT2D eigenvalue weighted by Crippen LogP contribution is 2.15. The Morgan fingerprint density at radius 2 is 2.10 bits per heavy atom. The van der Waals surface area contributed by atoms with Gasteiger partial charge in [0.2, 0.25) is 0 Å². The number of aromatic nitrogens is 2. The van der Waals surface area contributed by atoms with Crippen molar-refractivity contribution in [2.24, 2.45) is 5.73 Å². The van der Waals surface area contributed by atoms with Crippen LogP contribution in [0.25, 0.3) is 5.69 Å². The normalized spacial score (nSPS) is 19.1. The molecule has 2 N–H and O–H groups in total. The van der Waals surface area contributed by atoms with E-state index in [1.165, 1.54) is 0 Å². The standard InChI is InChI=1S/C15H18N4O/c16-13-2-1-8-18(10-13)15(20)12-3-5-14(6-4-12)19-9-7-17-11-19/h3-7,9,11,13H,1-2,8,10,16H2. The number of piperidine rings is 1. The molecule has 0 saturated carbocycles. The van der Waals surface area contributed by atoms with Crippen LogP contribution in [0.2, 0.25) is 0 Å². The van der Waals surface area contributed by atoms with Gasteiger partial charge in [0.1, 0.15) is 0 Å². The number of rotatable bonds is 2. The Bertz CT molecular complexity index is 576. The quantitative estimate of drug-likeness (QED) is 0.898. The minimum absolute atomic E-state index is 0.0670. The number of nitrogens with zero attached hydrogens (tertiary/aromatic N) is 3. The Morgan fingerprint density at radius 3 is 2.75 bits per heavy atom. The number of benzene rings is 1. The van der Waals surface area contributed by atoms with Gasteiger partial charge in [-0.3, -0.25) is 4.79 Å². The molecule has 1 aromatic carbocycles. The molecule has 2 aromatic rings. The van der Waals surface area contributed by atoms with Gasteiger partial charge in [-0.2, -0.15) is 0 Å². The predicted octanol–water partition coefficient (Wildman–Crippen LogP) is 1.44. The number of amides is 1. The molecule has 0 bridgehead atoms. The van der Waals surface area contributed by atoms with Gasteiger partial charge in [0.15, 0.2) is 0 Å². The topological polar surface area (TPSA) is 64.2 Å². The van der Waals surface area contributed by atoms with E-state index >= 15 is 0 Å². The molecule has 5 heteroatoms. The highest BCUT2D eigenvalue weighted by molar-refractivity contribution is 5.94. The van der Waals surface area contributed by atoms with Gasteiger partial charge in [0.05, 0.1) is 6.33 Å². The first-order valence-corrected chi connectivity index (χ1v) is 6.87. The Morgan fingerprint density at radius 1 is 1.30 bits per heavy atom. The molecule has 5 nitrogen and oxygen atoms in total. The van der Waals surface area contributed by atoms with Crippen LogP contribution in [0.1, 0.15) is 23.2 Å². The highest BCUT2D eigenvalue weighted by atomic mass is 16.2. The van der Waals surface area contributed by atoms with E-state index in [1.807, 2.05) is 39.9 Å². The van der Waals surface area contributed by atoms with Crippen molar-refractivity contribution in [1.82, 2.24) is 14.5 Å². The molecule has 1 aromatic heterocycles. The average Bonchev–Trinajstić information content (AvgIpc) is 3.01. The minimum atomic E-state index is 0.0670. The lowest BCUT2D eigenvalue weighted by molar-refractivity contribution is 0.0709. The molecule has 1 unspecified atom stereocenters. The fourth-order valence-corrected chi connectivity index (χ4v) is 2.57. The number of hydrogen-bond acceptors (Lipinski definition) is 3. The molecule has 1 fully saturated rings. The van der Waals surface area contributed by atoms with Crippen molar-refractivity contribution in [2.45, 2.75) is 18.9 Å². The molecular formula is C15H18N4O. The largest absolute Gasteiger partial charge is 0.337 e. The van der Waals surface area contributed by atoms with Gasteiger partial charge in [-0.25, -0.2) is 4.98 Å². The summed E-state index contributed by atoms with van der Waals surface area (Å²) in [5, 5.41) is 0. The lowest BCUT2D eigenvalue weighted by Crippen LogP contribution is -2.45. The van der Waals surface area contributed by atoms with Crippen LogP contribution in [0, 0.1) is 0 Å². The molecule has 2 heterocycles. The molecule has 1 saturated heterocycles.